The first-order valence-electron chi connectivity index (χ1n) is 12.6. The van der Waals surface area contributed by atoms with Gasteiger partial charge >= 0.3 is 0 Å². The highest BCUT2D eigenvalue weighted by molar-refractivity contribution is 6.38. The molecule has 9 aromatic rings. The minimum Gasteiger partial charge on any atom is -0.0622 e. The molecule has 0 spiro atoms. The molecule has 0 unspecified atom stereocenters. The Hall–Kier alpha value is -4.68. The quantitative estimate of drug-likeness (QED) is 0.217. The van der Waals surface area contributed by atoms with Gasteiger partial charge in [0.2, 0.25) is 0 Å². The summed E-state index contributed by atoms with van der Waals surface area (Å²) in [5.41, 5.74) is 2.58. The molecule has 0 nitrogen and oxygen atoms in total. The van der Waals surface area contributed by atoms with Gasteiger partial charge in [-0.2, -0.15) is 0 Å². The molecule has 0 radical (unpaired) electrons. The molecule has 0 amide bonds. The lowest BCUT2D eigenvalue weighted by Crippen LogP contribution is -1.81. The van der Waals surface area contributed by atoms with Crippen molar-refractivity contribution in [2.24, 2.45) is 0 Å². The zero-order chi connectivity index (χ0) is 23.4. The van der Waals surface area contributed by atoms with E-state index in [0.29, 0.717) is 0 Å². The largest absolute Gasteiger partial charge is 0.0622 e. The number of hydrogen-bond acceptors (Lipinski definition) is 0. The summed E-state index contributed by atoms with van der Waals surface area (Å²) in [5.74, 6) is 0. The molecule has 0 saturated heterocycles. The molecule has 0 saturated carbocycles. The fourth-order valence-corrected chi connectivity index (χ4v) is 6.82. The third-order valence-electron chi connectivity index (χ3n) is 8.31. The van der Waals surface area contributed by atoms with Gasteiger partial charge in [0, 0.05) is 0 Å². The van der Waals surface area contributed by atoms with Crippen molar-refractivity contribution < 1.29 is 0 Å². The summed E-state index contributed by atoms with van der Waals surface area (Å²) >= 11 is 0. The Labute approximate surface area is 207 Å². The van der Waals surface area contributed by atoms with Crippen molar-refractivity contribution >= 4 is 75.4 Å². The Bertz CT molecular complexity index is 2290. The van der Waals surface area contributed by atoms with Gasteiger partial charge in [-0.15, -0.1) is 0 Å². The first-order chi connectivity index (χ1) is 17.9. The van der Waals surface area contributed by atoms with Gasteiger partial charge in [0.25, 0.3) is 0 Å². The van der Waals surface area contributed by atoms with Gasteiger partial charge in [-0.1, -0.05) is 103 Å². The van der Waals surface area contributed by atoms with Crippen molar-refractivity contribution in [1.29, 1.82) is 0 Å². The maximum atomic E-state index is 2.47. The van der Waals surface area contributed by atoms with Crippen LogP contribution in [0.15, 0.2) is 121 Å². The van der Waals surface area contributed by atoms with Gasteiger partial charge in [0.1, 0.15) is 0 Å². The van der Waals surface area contributed by atoms with Crippen LogP contribution in [0.4, 0.5) is 0 Å². The molecule has 0 heterocycles. The molecule has 0 aromatic heterocycles. The summed E-state index contributed by atoms with van der Waals surface area (Å²) in [6.07, 6.45) is 0. The van der Waals surface area contributed by atoms with Crippen LogP contribution in [0.3, 0.4) is 0 Å². The van der Waals surface area contributed by atoms with Gasteiger partial charge < -0.3 is 0 Å². The Morgan fingerprint density at radius 3 is 1.72 bits per heavy atom. The molecule has 0 aliphatic heterocycles. The zero-order valence-corrected chi connectivity index (χ0v) is 19.5. The van der Waals surface area contributed by atoms with Crippen LogP contribution in [-0.4, -0.2) is 0 Å². The lowest BCUT2D eigenvalue weighted by molar-refractivity contribution is 1.67. The van der Waals surface area contributed by atoms with Gasteiger partial charge in [-0.3, -0.25) is 0 Å². The highest BCUT2D eigenvalue weighted by Gasteiger charge is 2.19. The van der Waals surface area contributed by atoms with Crippen LogP contribution < -0.4 is 0 Å². The minimum absolute atomic E-state index is 1.27. The molecule has 0 bridgehead atoms. The monoisotopic (exact) mass is 452 g/mol. The number of benzene rings is 7. The maximum Gasteiger partial charge on any atom is -0.00141 e. The Kier molecular flexibility index (Phi) is 3.36. The average Bonchev–Trinajstić information content (AvgIpc) is 3.44. The van der Waals surface area contributed by atoms with Crippen LogP contribution in [0.25, 0.3) is 86.5 Å². The van der Waals surface area contributed by atoms with Crippen LogP contribution in [-0.2, 0) is 0 Å². The highest BCUT2D eigenvalue weighted by Crippen LogP contribution is 2.47. The molecule has 0 N–H and O–H groups in total. The van der Waals surface area contributed by atoms with Crippen molar-refractivity contribution in [2.45, 2.75) is 0 Å². The Morgan fingerprint density at radius 1 is 0.278 bits per heavy atom. The second-order valence-corrected chi connectivity index (χ2v) is 10.1. The van der Waals surface area contributed by atoms with Gasteiger partial charge in [0.15, 0.2) is 0 Å². The van der Waals surface area contributed by atoms with E-state index in [4.69, 9.17) is 0 Å². The fraction of sp³-hybridized carbons (Fsp3) is 0. The van der Waals surface area contributed by atoms with Crippen LogP contribution >= 0.6 is 0 Å². The summed E-state index contributed by atoms with van der Waals surface area (Å²) in [6.45, 7) is 0. The van der Waals surface area contributed by atoms with Crippen LogP contribution in [0.1, 0.15) is 0 Å². The van der Waals surface area contributed by atoms with Crippen LogP contribution in [0, 0.1) is 0 Å². The van der Waals surface area contributed by atoms with E-state index in [1.54, 1.807) is 0 Å². The zero-order valence-electron chi connectivity index (χ0n) is 19.5. The molecule has 0 atom stereocenters. The highest BCUT2D eigenvalue weighted by atomic mass is 14.2. The third kappa shape index (κ3) is 2.20. The number of hydrogen-bond donors (Lipinski definition) is 0. The van der Waals surface area contributed by atoms with Gasteiger partial charge in [-0.25, -0.2) is 0 Å². The fourth-order valence-electron chi connectivity index (χ4n) is 6.82. The molecule has 9 rings (SSSR count). The van der Waals surface area contributed by atoms with Crippen molar-refractivity contribution in [3.05, 3.63) is 121 Å². The smallest absolute Gasteiger partial charge is 0.00141 e. The number of rotatable bonds is 1. The first kappa shape index (κ1) is 18.6. The Balaban J connectivity index is 1.54. The standard InChI is InChI=1S/C36H20/c1-2-8-21(9-3-1)24-17-16-22-10-6-13-29-31-18-23-19-32-26-12-5-4-11-25(26)27-14-7-15-28(35(27)32)30(23)20-33(31)36(24)34(22)29/h1-20H. The van der Waals surface area contributed by atoms with E-state index in [0.717, 1.165) is 0 Å². The normalized spacial score (nSPS) is 12.4. The van der Waals surface area contributed by atoms with E-state index >= 15 is 0 Å². The topological polar surface area (TPSA) is 0 Å². The molecule has 0 fully saturated rings. The second kappa shape index (κ2) is 6.50. The predicted molar refractivity (Wildman–Crippen MR) is 157 cm³/mol. The molecule has 0 aliphatic rings. The van der Waals surface area contributed by atoms with E-state index in [-0.39, 0.29) is 0 Å². The molecular formula is C36H20. The van der Waals surface area contributed by atoms with Gasteiger partial charge in [0.05, 0.1) is 0 Å². The third-order valence-corrected chi connectivity index (χ3v) is 8.31. The second-order valence-electron chi connectivity index (χ2n) is 10.1. The molecule has 0 heteroatoms. The number of fused-ring (bicyclic) bond motifs is 8. The van der Waals surface area contributed by atoms with E-state index in [1.807, 2.05) is 0 Å². The lowest BCUT2D eigenvalue weighted by atomic mass is 9.94. The van der Waals surface area contributed by atoms with E-state index in [2.05, 4.69) is 121 Å². The molecule has 9 aromatic carbocycles. The molecular weight excluding hydrogens is 432 g/mol. The SMILES string of the molecule is c1ccc(-c2ccc3cccc4c5cc6cc7c8ccccc8c8cccc(c6cc5c2c34)c87)cc1. The van der Waals surface area contributed by atoms with Gasteiger partial charge in [-0.05, 0) is 105 Å². The first-order valence-corrected chi connectivity index (χ1v) is 12.6. The maximum absolute atomic E-state index is 2.47. The summed E-state index contributed by atoms with van der Waals surface area (Å²) in [4.78, 5) is 0. The van der Waals surface area contributed by atoms with Crippen molar-refractivity contribution in [3.8, 4) is 11.1 Å². The van der Waals surface area contributed by atoms with Crippen LogP contribution in [0.5, 0.6) is 0 Å². The van der Waals surface area contributed by atoms with Crippen LogP contribution in [0.2, 0.25) is 0 Å². The predicted octanol–water partition coefficient (Wildman–Crippen LogP) is 10.3. The van der Waals surface area contributed by atoms with Crippen molar-refractivity contribution in [1.82, 2.24) is 0 Å². The molecule has 0 aliphatic carbocycles. The molecule has 164 valence electrons. The summed E-state index contributed by atoms with van der Waals surface area (Å²) in [5, 5.41) is 18.9. The summed E-state index contributed by atoms with van der Waals surface area (Å²) < 4.78 is 0. The van der Waals surface area contributed by atoms with E-state index in [9.17, 15) is 0 Å². The van der Waals surface area contributed by atoms with E-state index in [1.165, 1.54) is 86.5 Å². The van der Waals surface area contributed by atoms with Crippen molar-refractivity contribution in [2.75, 3.05) is 0 Å². The average molecular weight is 453 g/mol. The lowest BCUT2D eigenvalue weighted by Gasteiger charge is -2.09. The summed E-state index contributed by atoms with van der Waals surface area (Å²) in [7, 11) is 0. The minimum atomic E-state index is 1.27. The molecule has 36 heavy (non-hydrogen) atoms. The van der Waals surface area contributed by atoms with E-state index < -0.39 is 0 Å². The van der Waals surface area contributed by atoms with Crippen molar-refractivity contribution in [3.63, 3.8) is 0 Å². The Morgan fingerprint density at radius 2 is 0.889 bits per heavy atom. The summed E-state index contributed by atoms with van der Waals surface area (Å²) in [6, 6.07) is 45.2.